The summed E-state index contributed by atoms with van der Waals surface area (Å²) >= 11 is 0. The van der Waals surface area contributed by atoms with Crippen molar-refractivity contribution in [3.8, 4) is 0 Å². The first-order valence-corrected chi connectivity index (χ1v) is 3.48. The molecule has 0 bridgehead atoms. The Hall–Kier alpha value is -0.294. The largest absolute Gasteiger partial charge is 2.00 e. The molecule has 0 atom stereocenters. The maximum Gasteiger partial charge on any atom is 2.00 e. The molecule has 0 aromatic carbocycles. The van der Waals surface area contributed by atoms with E-state index in [0.29, 0.717) is 0 Å². The predicted molar refractivity (Wildman–Crippen MR) is 46.3 cm³/mol. The molecule has 68 valence electrons. The molecule has 0 spiro atoms. The fraction of sp³-hybridized carbons (Fsp3) is 0.714. The Morgan fingerprint density at radius 3 is 1.42 bits per heavy atom. The molecule has 2 N–H and O–H groups in total. The number of carboxylic acid groups (broad SMARTS) is 2. The molecular weight excluding hydrogens is 172 g/mol. The predicted octanol–water partition coefficient (Wildman–Crippen LogP) is 0.806. The van der Waals surface area contributed by atoms with E-state index in [1.807, 2.05) is 0 Å². The number of hydrogen-bond acceptors (Lipinski definition) is 2. The third-order valence-corrected chi connectivity index (χ3v) is 2.03. The van der Waals surface area contributed by atoms with E-state index in [0.717, 1.165) is 0 Å². The van der Waals surface area contributed by atoms with Crippen LogP contribution >= 0.6 is 0 Å². The summed E-state index contributed by atoms with van der Waals surface area (Å²) in [6, 6.07) is 0. The van der Waals surface area contributed by atoms with Crippen molar-refractivity contribution in [2.24, 2.45) is 5.41 Å². The van der Waals surface area contributed by atoms with E-state index in [4.69, 9.17) is 10.2 Å². The molecule has 5 heteroatoms. The average molecular weight is 186 g/mol. The van der Waals surface area contributed by atoms with Gasteiger partial charge in [-0.25, -0.2) is 0 Å². The molecule has 0 amide bonds. The molecule has 0 aromatic rings. The van der Waals surface area contributed by atoms with Crippen molar-refractivity contribution in [1.29, 1.82) is 0 Å². The molecule has 0 heterocycles. The average Bonchev–Trinajstić information content (AvgIpc) is 1.90. The monoisotopic (exact) mass is 186 g/mol. The van der Waals surface area contributed by atoms with Crippen LogP contribution in [0.2, 0.25) is 0 Å². The van der Waals surface area contributed by atoms with Gasteiger partial charge in [0.05, 0.1) is 0 Å². The molecule has 0 saturated carbocycles. The Morgan fingerprint density at radius 2 is 1.42 bits per heavy atom. The number of carboxylic acids is 2. The molecule has 12 heavy (non-hydrogen) atoms. The summed E-state index contributed by atoms with van der Waals surface area (Å²) in [6.45, 7) is 3.12. The van der Waals surface area contributed by atoms with Gasteiger partial charge in [-0.1, -0.05) is 13.8 Å². The van der Waals surface area contributed by atoms with Gasteiger partial charge in [0.2, 0.25) is 0 Å². The fourth-order valence-corrected chi connectivity index (χ4v) is 0.946. The molecule has 0 aliphatic carbocycles. The standard InChI is InChI=1S/C7H12O4.Mg.2H/c1-3-7(4-2,5(8)9)6(10)11;;;/h3-4H2,1-2H3,(H,8,9)(H,10,11);;;/q;+2;2*-1. The SMILES string of the molecule is CCC(CC)(C(=O)O)C(=O)O.[H-].[H-].[Mg+2]. The van der Waals surface area contributed by atoms with Crippen molar-refractivity contribution >= 4 is 35.0 Å². The summed E-state index contributed by atoms with van der Waals surface area (Å²) in [5.41, 5.74) is -1.58. The number of carbonyl (C=O) groups is 2. The molecule has 4 nitrogen and oxygen atoms in total. The van der Waals surface area contributed by atoms with E-state index < -0.39 is 17.4 Å². The first-order valence-electron chi connectivity index (χ1n) is 3.48. The van der Waals surface area contributed by atoms with Crippen LogP contribution in [0.15, 0.2) is 0 Å². The molecule has 0 rings (SSSR count). The number of hydrogen-bond donors (Lipinski definition) is 2. The van der Waals surface area contributed by atoms with Crippen LogP contribution in [-0.2, 0) is 9.59 Å². The summed E-state index contributed by atoms with van der Waals surface area (Å²) < 4.78 is 0. The van der Waals surface area contributed by atoms with Crippen molar-refractivity contribution in [2.45, 2.75) is 26.7 Å². The Balaban J connectivity index is -0.000000167. The van der Waals surface area contributed by atoms with E-state index in [1.165, 1.54) is 0 Å². The van der Waals surface area contributed by atoms with E-state index in [-0.39, 0.29) is 38.7 Å². The van der Waals surface area contributed by atoms with Crippen molar-refractivity contribution in [2.75, 3.05) is 0 Å². The molecule has 0 aliphatic heterocycles. The second-order valence-corrected chi connectivity index (χ2v) is 2.40. The maximum absolute atomic E-state index is 10.5. The second kappa shape index (κ2) is 5.37. The summed E-state index contributed by atoms with van der Waals surface area (Å²) in [7, 11) is 0. The molecule has 0 aromatic heterocycles. The van der Waals surface area contributed by atoms with Gasteiger partial charge in [0.25, 0.3) is 0 Å². The molecule has 0 radical (unpaired) electrons. The number of rotatable bonds is 4. The normalized spacial score (nSPS) is 10.2. The third kappa shape index (κ3) is 2.35. The summed E-state index contributed by atoms with van der Waals surface area (Å²) in [5.74, 6) is -2.51. The van der Waals surface area contributed by atoms with Crippen LogP contribution in [0.5, 0.6) is 0 Å². The smallest absolute Gasteiger partial charge is 1.00 e. The van der Waals surface area contributed by atoms with Gasteiger partial charge >= 0.3 is 35.0 Å². The zero-order valence-corrected chi connectivity index (χ0v) is 8.75. The van der Waals surface area contributed by atoms with E-state index in [1.54, 1.807) is 13.8 Å². The molecular formula is C7H14MgO4. The van der Waals surface area contributed by atoms with Crippen molar-refractivity contribution in [3.63, 3.8) is 0 Å². The van der Waals surface area contributed by atoms with Crippen molar-refractivity contribution in [3.05, 3.63) is 0 Å². The minimum atomic E-state index is -1.58. The molecule has 0 aliphatic rings. The third-order valence-electron chi connectivity index (χ3n) is 2.03. The van der Waals surface area contributed by atoms with Crippen LogP contribution in [0, 0.1) is 5.41 Å². The van der Waals surface area contributed by atoms with Gasteiger partial charge in [-0.05, 0) is 12.8 Å². The number of aliphatic carboxylic acids is 2. The van der Waals surface area contributed by atoms with Crippen LogP contribution in [0.1, 0.15) is 29.5 Å². The van der Waals surface area contributed by atoms with Crippen LogP contribution in [0.3, 0.4) is 0 Å². The van der Waals surface area contributed by atoms with E-state index in [9.17, 15) is 9.59 Å². The van der Waals surface area contributed by atoms with Crippen LogP contribution in [0.4, 0.5) is 0 Å². The Labute approximate surface area is 90.1 Å². The Bertz CT molecular complexity index is 167. The zero-order valence-electron chi connectivity index (χ0n) is 9.33. The summed E-state index contributed by atoms with van der Waals surface area (Å²) in [5, 5.41) is 17.2. The summed E-state index contributed by atoms with van der Waals surface area (Å²) in [6.07, 6.45) is 0.238. The molecule has 0 unspecified atom stereocenters. The molecule has 0 fully saturated rings. The zero-order chi connectivity index (χ0) is 9.07. The van der Waals surface area contributed by atoms with Gasteiger partial charge in [0.15, 0.2) is 5.41 Å². The second-order valence-electron chi connectivity index (χ2n) is 2.40. The van der Waals surface area contributed by atoms with Gasteiger partial charge in [-0.15, -0.1) is 0 Å². The fourth-order valence-electron chi connectivity index (χ4n) is 0.946. The van der Waals surface area contributed by atoms with Gasteiger partial charge in [-0.2, -0.15) is 0 Å². The van der Waals surface area contributed by atoms with E-state index >= 15 is 0 Å². The minimum absolute atomic E-state index is 0. The van der Waals surface area contributed by atoms with Gasteiger partial charge in [-0.3, -0.25) is 9.59 Å². The van der Waals surface area contributed by atoms with Gasteiger partial charge in [0.1, 0.15) is 0 Å². The Kier molecular flexibility index (Phi) is 6.37. The topological polar surface area (TPSA) is 74.6 Å². The molecule has 0 saturated heterocycles. The van der Waals surface area contributed by atoms with Gasteiger partial charge in [0, 0.05) is 0 Å². The quantitative estimate of drug-likeness (QED) is 0.503. The van der Waals surface area contributed by atoms with Crippen molar-refractivity contribution in [1.82, 2.24) is 0 Å². The minimum Gasteiger partial charge on any atom is -1.00 e. The maximum atomic E-state index is 10.5. The van der Waals surface area contributed by atoms with Crippen molar-refractivity contribution < 1.29 is 22.7 Å². The Morgan fingerprint density at radius 1 is 1.17 bits per heavy atom. The van der Waals surface area contributed by atoms with Crippen LogP contribution in [0.25, 0.3) is 0 Å². The summed E-state index contributed by atoms with van der Waals surface area (Å²) in [4.78, 5) is 21.1. The van der Waals surface area contributed by atoms with Crippen LogP contribution < -0.4 is 0 Å². The van der Waals surface area contributed by atoms with Gasteiger partial charge < -0.3 is 13.1 Å². The van der Waals surface area contributed by atoms with Crippen LogP contribution in [-0.4, -0.2) is 45.2 Å². The first kappa shape index (κ1) is 14.2. The van der Waals surface area contributed by atoms with E-state index in [2.05, 4.69) is 0 Å². The first-order chi connectivity index (χ1) is 5.01.